The Kier molecular flexibility index (Phi) is 5.84. The van der Waals surface area contributed by atoms with E-state index >= 15 is 0 Å². The van der Waals surface area contributed by atoms with Gasteiger partial charge in [0.15, 0.2) is 0 Å². The van der Waals surface area contributed by atoms with Crippen LogP contribution in [0.1, 0.15) is 39.0 Å². The van der Waals surface area contributed by atoms with Gasteiger partial charge in [0, 0.05) is 0 Å². The summed E-state index contributed by atoms with van der Waals surface area (Å²) in [5.74, 6) is -1.32. The van der Waals surface area contributed by atoms with E-state index < -0.39 is 12.1 Å². The number of allylic oxidation sites excluding steroid dienone is 1. The van der Waals surface area contributed by atoms with Gasteiger partial charge in [0.1, 0.15) is 0 Å². The van der Waals surface area contributed by atoms with Crippen LogP contribution in [-0.2, 0) is 0 Å². The minimum Gasteiger partial charge on any atom is -0.170 e. The average molecular weight is 194 g/mol. The lowest BCUT2D eigenvalue weighted by molar-refractivity contribution is -0.162. The van der Waals surface area contributed by atoms with Gasteiger partial charge in [0.25, 0.3) is 0 Å². The molecular formula is C10H17F3. The van der Waals surface area contributed by atoms with Crippen molar-refractivity contribution in [3.05, 3.63) is 12.7 Å². The fourth-order valence-corrected chi connectivity index (χ4v) is 1.21. The van der Waals surface area contributed by atoms with Crippen molar-refractivity contribution < 1.29 is 13.2 Å². The molecule has 0 N–H and O–H groups in total. The molecular weight excluding hydrogens is 177 g/mol. The number of hydrogen-bond donors (Lipinski definition) is 0. The summed E-state index contributed by atoms with van der Waals surface area (Å²) in [6, 6.07) is 0. The largest absolute Gasteiger partial charge is 0.395 e. The Morgan fingerprint density at radius 2 is 1.85 bits per heavy atom. The van der Waals surface area contributed by atoms with Crippen LogP contribution < -0.4 is 0 Å². The summed E-state index contributed by atoms with van der Waals surface area (Å²) in [7, 11) is 0. The van der Waals surface area contributed by atoms with Gasteiger partial charge in [0.2, 0.25) is 0 Å². The number of halogens is 3. The number of unbranched alkanes of at least 4 members (excludes halogenated alkanes) is 3. The van der Waals surface area contributed by atoms with Crippen LogP contribution in [0, 0.1) is 5.92 Å². The van der Waals surface area contributed by atoms with Crippen molar-refractivity contribution in [1.82, 2.24) is 0 Å². The van der Waals surface area contributed by atoms with Crippen LogP contribution in [0.4, 0.5) is 13.2 Å². The monoisotopic (exact) mass is 194 g/mol. The Morgan fingerprint density at radius 1 is 1.23 bits per heavy atom. The third-order valence-electron chi connectivity index (χ3n) is 2.07. The molecule has 0 aliphatic heterocycles. The summed E-state index contributed by atoms with van der Waals surface area (Å²) in [6.45, 7) is 5.24. The molecule has 0 aliphatic carbocycles. The highest BCUT2D eigenvalue weighted by Gasteiger charge is 2.36. The maximum absolute atomic E-state index is 12.2. The molecule has 0 heterocycles. The first-order chi connectivity index (χ1) is 6.02. The lowest BCUT2D eigenvalue weighted by Crippen LogP contribution is -2.20. The molecule has 0 saturated carbocycles. The molecule has 0 rings (SSSR count). The second-order valence-electron chi connectivity index (χ2n) is 3.23. The zero-order chi connectivity index (χ0) is 10.3. The summed E-state index contributed by atoms with van der Waals surface area (Å²) in [5, 5.41) is 0. The lowest BCUT2D eigenvalue weighted by atomic mass is 10.0. The van der Waals surface area contributed by atoms with Crippen molar-refractivity contribution in [3.8, 4) is 0 Å². The predicted octanol–water partition coefficient (Wildman–Crippen LogP) is 4.32. The first kappa shape index (κ1) is 12.5. The molecule has 1 atom stereocenters. The molecule has 0 spiro atoms. The van der Waals surface area contributed by atoms with Gasteiger partial charge < -0.3 is 0 Å². The van der Waals surface area contributed by atoms with E-state index in [-0.39, 0.29) is 6.42 Å². The maximum atomic E-state index is 12.2. The molecule has 0 aromatic heterocycles. The Morgan fingerprint density at radius 3 is 2.23 bits per heavy atom. The van der Waals surface area contributed by atoms with E-state index in [1.165, 1.54) is 0 Å². The SMILES string of the molecule is C=CC(CCCCCC)C(F)(F)F. The van der Waals surface area contributed by atoms with E-state index in [9.17, 15) is 13.2 Å². The van der Waals surface area contributed by atoms with Crippen molar-refractivity contribution in [3.63, 3.8) is 0 Å². The lowest BCUT2D eigenvalue weighted by Gasteiger charge is -2.15. The normalized spacial score (nSPS) is 14.2. The van der Waals surface area contributed by atoms with Gasteiger partial charge >= 0.3 is 6.18 Å². The Bertz CT molecular complexity index is 138. The van der Waals surface area contributed by atoms with Gasteiger partial charge in [-0.3, -0.25) is 0 Å². The fraction of sp³-hybridized carbons (Fsp3) is 0.800. The van der Waals surface area contributed by atoms with Gasteiger partial charge in [-0.25, -0.2) is 0 Å². The molecule has 0 aromatic rings. The second kappa shape index (κ2) is 6.06. The van der Waals surface area contributed by atoms with Gasteiger partial charge in [-0.1, -0.05) is 38.7 Å². The first-order valence-electron chi connectivity index (χ1n) is 4.71. The smallest absolute Gasteiger partial charge is 0.170 e. The summed E-state index contributed by atoms with van der Waals surface area (Å²) in [4.78, 5) is 0. The van der Waals surface area contributed by atoms with Crippen LogP contribution in [0.2, 0.25) is 0 Å². The van der Waals surface area contributed by atoms with Gasteiger partial charge in [-0.15, -0.1) is 6.58 Å². The van der Waals surface area contributed by atoms with Crippen LogP contribution >= 0.6 is 0 Å². The predicted molar refractivity (Wildman–Crippen MR) is 48.5 cm³/mol. The summed E-state index contributed by atoms with van der Waals surface area (Å²) in [6.07, 6.45) is 0.681. The maximum Gasteiger partial charge on any atom is 0.395 e. The molecule has 3 heteroatoms. The quantitative estimate of drug-likeness (QED) is 0.436. The van der Waals surface area contributed by atoms with E-state index in [4.69, 9.17) is 0 Å². The average Bonchev–Trinajstić information content (AvgIpc) is 2.02. The van der Waals surface area contributed by atoms with E-state index in [1.807, 2.05) is 6.92 Å². The van der Waals surface area contributed by atoms with Crippen LogP contribution in [0.5, 0.6) is 0 Å². The molecule has 1 unspecified atom stereocenters. The molecule has 0 aliphatic rings. The van der Waals surface area contributed by atoms with Gasteiger partial charge in [0.05, 0.1) is 5.92 Å². The van der Waals surface area contributed by atoms with Crippen LogP contribution in [0.25, 0.3) is 0 Å². The Labute approximate surface area is 77.8 Å². The second-order valence-corrected chi connectivity index (χ2v) is 3.23. The fourth-order valence-electron chi connectivity index (χ4n) is 1.21. The Balaban J connectivity index is 3.67. The number of hydrogen-bond acceptors (Lipinski definition) is 0. The number of alkyl halides is 3. The van der Waals surface area contributed by atoms with Gasteiger partial charge in [-0.05, 0) is 6.42 Å². The molecule has 13 heavy (non-hydrogen) atoms. The third kappa shape index (κ3) is 5.72. The highest BCUT2D eigenvalue weighted by Crippen LogP contribution is 2.30. The van der Waals surface area contributed by atoms with Crippen LogP contribution in [0.15, 0.2) is 12.7 Å². The molecule has 0 aromatic carbocycles. The zero-order valence-corrected chi connectivity index (χ0v) is 8.03. The molecule has 0 radical (unpaired) electrons. The van der Waals surface area contributed by atoms with Crippen LogP contribution in [0.3, 0.4) is 0 Å². The summed E-state index contributed by atoms with van der Waals surface area (Å²) >= 11 is 0. The molecule has 78 valence electrons. The number of rotatable bonds is 6. The molecule has 0 nitrogen and oxygen atoms in total. The Hall–Kier alpha value is -0.470. The molecule has 0 amide bonds. The standard InChI is InChI=1S/C10H17F3/c1-3-5-6-7-8-9(4-2)10(11,12)13/h4,9H,2-3,5-8H2,1H3. The summed E-state index contributed by atoms with van der Waals surface area (Å²) < 4.78 is 36.5. The first-order valence-corrected chi connectivity index (χ1v) is 4.71. The third-order valence-corrected chi connectivity index (χ3v) is 2.07. The van der Waals surface area contributed by atoms with E-state index in [0.29, 0.717) is 6.42 Å². The minimum absolute atomic E-state index is 0.188. The van der Waals surface area contributed by atoms with Crippen molar-refractivity contribution in [2.75, 3.05) is 0 Å². The topological polar surface area (TPSA) is 0 Å². The molecule has 0 bridgehead atoms. The van der Waals surface area contributed by atoms with E-state index in [0.717, 1.165) is 25.3 Å². The molecule has 0 saturated heterocycles. The zero-order valence-electron chi connectivity index (χ0n) is 8.03. The molecule has 0 fully saturated rings. The van der Waals surface area contributed by atoms with E-state index in [1.54, 1.807) is 0 Å². The minimum atomic E-state index is -4.10. The van der Waals surface area contributed by atoms with E-state index in [2.05, 4.69) is 6.58 Å². The van der Waals surface area contributed by atoms with Crippen molar-refractivity contribution >= 4 is 0 Å². The van der Waals surface area contributed by atoms with Crippen molar-refractivity contribution in [2.24, 2.45) is 5.92 Å². The highest BCUT2D eigenvalue weighted by molar-refractivity contribution is 4.84. The van der Waals surface area contributed by atoms with Crippen molar-refractivity contribution in [2.45, 2.75) is 45.2 Å². The highest BCUT2D eigenvalue weighted by atomic mass is 19.4. The van der Waals surface area contributed by atoms with Crippen LogP contribution in [-0.4, -0.2) is 6.18 Å². The van der Waals surface area contributed by atoms with Crippen molar-refractivity contribution in [1.29, 1.82) is 0 Å². The summed E-state index contributed by atoms with van der Waals surface area (Å²) in [5.41, 5.74) is 0. The van der Waals surface area contributed by atoms with Gasteiger partial charge in [-0.2, -0.15) is 13.2 Å².